The molecule has 2 N–H and O–H groups in total. The Labute approximate surface area is 126 Å². The third-order valence-electron chi connectivity index (χ3n) is 2.33. The van der Waals surface area contributed by atoms with E-state index in [9.17, 15) is 9.59 Å². The van der Waals surface area contributed by atoms with E-state index in [1.807, 2.05) is 0 Å². The highest BCUT2D eigenvalue weighted by Crippen LogP contribution is 2.35. The molecule has 2 rings (SSSR count). The summed E-state index contributed by atoms with van der Waals surface area (Å²) in [6.45, 7) is 0. The van der Waals surface area contributed by atoms with Gasteiger partial charge in [-0.05, 0) is 34.1 Å². The normalized spacial score (nSPS) is 10.3. The van der Waals surface area contributed by atoms with Gasteiger partial charge in [-0.2, -0.15) is 0 Å². The molecule has 2 aromatic rings. The third kappa shape index (κ3) is 3.18. The number of hydrogen-bond acceptors (Lipinski definition) is 2. The Balaban J connectivity index is 2.27. The molecule has 0 fully saturated rings. The second-order valence-electron chi connectivity index (χ2n) is 3.62. The zero-order chi connectivity index (χ0) is 14.0. The molecule has 0 spiro atoms. The summed E-state index contributed by atoms with van der Waals surface area (Å²) in [7, 11) is 0. The molecule has 0 saturated carbocycles. The average molecular weight is 362 g/mol. The van der Waals surface area contributed by atoms with Crippen LogP contribution in [0.3, 0.4) is 0 Å². The first-order valence-electron chi connectivity index (χ1n) is 5.12. The number of benzene rings is 1. The molecule has 1 amide bonds. The first kappa shape index (κ1) is 14.1. The zero-order valence-electron chi connectivity index (χ0n) is 9.34. The van der Waals surface area contributed by atoms with Crippen molar-refractivity contribution in [1.82, 2.24) is 4.98 Å². The predicted octanol–water partition coefficient (Wildman–Crippen LogP) is 3.70. The van der Waals surface area contributed by atoms with Crippen LogP contribution in [0.15, 0.2) is 39.7 Å². The van der Waals surface area contributed by atoms with Gasteiger partial charge in [0, 0.05) is 16.7 Å². The number of carbonyl (C=O) groups excluding carboxylic acids is 1. The van der Waals surface area contributed by atoms with Crippen molar-refractivity contribution in [1.29, 1.82) is 0 Å². The lowest BCUT2D eigenvalue weighted by atomic mass is 10.2. The van der Waals surface area contributed by atoms with E-state index in [4.69, 9.17) is 23.2 Å². The van der Waals surface area contributed by atoms with Crippen molar-refractivity contribution < 1.29 is 4.79 Å². The minimum absolute atomic E-state index is 0.244. The van der Waals surface area contributed by atoms with Crippen molar-refractivity contribution in [2.45, 2.75) is 0 Å². The number of hydrogen-bond donors (Lipinski definition) is 2. The van der Waals surface area contributed by atoms with Gasteiger partial charge in [-0.3, -0.25) is 9.59 Å². The summed E-state index contributed by atoms with van der Waals surface area (Å²) in [4.78, 5) is 25.3. The second-order valence-corrected chi connectivity index (χ2v) is 5.23. The number of H-pyrrole nitrogens is 1. The van der Waals surface area contributed by atoms with E-state index in [1.165, 1.54) is 18.3 Å². The monoisotopic (exact) mass is 360 g/mol. The molecule has 19 heavy (non-hydrogen) atoms. The van der Waals surface area contributed by atoms with E-state index in [-0.39, 0.29) is 10.6 Å². The maximum Gasteiger partial charge on any atom is 0.257 e. The third-order valence-corrected chi connectivity index (χ3v) is 4.10. The highest BCUT2D eigenvalue weighted by molar-refractivity contribution is 9.10. The molecule has 0 aliphatic carbocycles. The molecule has 0 radical (unpaired) electrons. The quantitative estimate of drug-likeness (QED) is 0.801. The largest absolute Gasteiger partial charge is 0.328 e. The van der Waals surface area contributed by atoms with Gasteiger partial charge in [0.05, 0.1) is 21.3 Å². The van der Waals surface area contributed by atoms with Crippen LogP contribution in [0.5, 0.6) is 0 Å². The van der Waals surface area contributed by atoms with Crippen molar-refractivity contribution in [3.8, 4) is 0 Å². The van der Waals surface area contributed by atoms with Gasteiger partial charge in [0.1, 0.15) is 0 Å². The number of halogens is 3. The Morgan fingerprint density at radius 1 is 1.16 bits per heavy atom. The van der Waals surface area contributed by atoms with E-state index in [0.29, 0.717) is 20.7 Å². The van der Waals surface area contributed by atoms with Crippen molar-refractivity contribution in [3.63, 3.8) is 0 Å². The van der Waals surface area contributed by atoms with Crippen LogP contribution < -0.4 is 10.9 Å². The van der Waals surface area contributed by atoms with E-state index < -0.39 is 5.91 Å². The number of amides is 1. The van der Waals surface area contributed by atoms with Crippen LogP contribution in [0, 0.1) is 0 Å². The Morgan fingerprint density at radius 3 is 2.53 bits per heavy atom. The minimum atomic E-state index is -0.392. The number of carbonyl (C=O) groups is 1. The van der Waals surface area contributed by atoms with E-state index in [2.05, 4.69) is 26.2 Å². The Bertz CT molecular complexity index is 680. The molecule has 1 aromatic carbocycles. The number of rotatable bonds is 2. The Kier molecular flexibility index (Phi) is 4.29. The standard InChI is InChI=1S/C12H7BrCl2N2O2/c13-7-2-3-8(11(15)10(7)14)17-12(19)6-1-4-9(18)16-5-6/h1-5H,(H,16,18)(H,17,19). The van der Waals surface area contributed by atoms with Crippen LogP contribution in [0.1, 0.15) is 10.4 Å². The van der Waals surface area contributed by atoms with E-state index in [0.717, 1.165) is 0 Å². The van der Waals surface area contributed by atoms with E-state index >= 15 is 0 Å². The average Bonchev–Trinajstić information content (AvgIpc) is 2.40. The predicted molar refractivity (Wildman–Crippen MR) is 79.2 cm³/mol. The topological polar surface area (TPSA) is 62.0 Å². The molecule has 1 aromatic heterocycles. The highest BCUT2D eigenvalue weighted by Gasteiger charge is 2.12. The molecule has 0 saturated heterocycles. The number of aromatic amines is 1. The zero-order valence-corrected chi connectivity index (χ0v) is 12.4. The summed E-state index contributed by atoms with van der Waals surface area (Å²) < 4.78 is 0.640. The number of pyridine rings is 1. The Morgan fingerprint density at radius 2 is 1.89 bits per heavy atom. The molecule has 0 unspecified atom stereocenters. The lowest BCUT2D eigenvalue weighted by Crippen LogP contribution is -2.14. The first-order valence-corrected chi connectivity index (χ1v) is 6.67. The SMILES string of the molecule is O=C(Nc1ccc(Br)c(Cl)c1Cl)c1ccc(=O)[nH]c1. The molecule has 7 heteroatoms. The van der Waals surface area contributed by atoms with Crippen LogP contribution in [0.2, 0.25) is 10.0 Å². The number of anilines is 1. The van der Waals surface area contributed by atoms with Crippen molar-refractivity contribution in [2.75, 3.05) is 5.32 Å². The molecule has 0 atom stereocenters. The van der Waals surface area contributed by atoms with Gasteiger partial charge in [0.15, 0.2) is 0 Å². The molecule has 0 aliphatic rings. The van der Waals surface area contributed by atoms with Gasteiger partial charge in [-0.25, -0.2) is 0 Å². The second kappa shape index (κ2) is 5.77. The summed E-state index contributed by atoms with van der Waals surface area (Å²) in [6.07, 6.45) is 1.33. The van der Waals surface area contributed by atoms with Crippen LogP contribution in [0.25, 0.3) is 0 Å². The smallest absolute Gasteiger partial charge is 0.257 e. The first-order chi connectivity index (χ1) is 8.99. The summed E-state index contributed by atoms with van der Waals surface area (Å²) >= 11 is 15.2. The highest BCUT2D eigenvalue weighted by atomic mass is 79.9. The van der Waals surface area contributed by atoms with Crippen LogP contribution in [0.4, 0.5) is 5.69 Å². The lowest BCUT2D eigenvalue weighted by molar-refractivity contribution is 0.102. The molecule has 4 nitrogen and oxygen atoms in total. The molecular weight excluding hydrogens is 355 g/mol. The van der Waals surface area contributed by atoms with Gasteiger partial charge in [0.25, 0.3) is 5.91 Å². The van der Waals surface area contributed by atoms with Crippen LogP contribution >= 0.6 is 39.1 Å². The lowest BCUT2D eigenvalue weighted by Gasteiger charge is -2.09. The van der Waals surface area contributed by atoms with Crippen molar-refractivity contribution in [3.05, 3.63) is 60.9 Å². The van der Waals surface area contributed by atoms with Crippen molar-refractivity contribution in [2.24, 2.45) is 0 Å². The molecule has 0 bridgehead atoms. The summed E-state index contributed by atoms with van der Waals surface area (Å²) in [5, 5.41) is 3.18. The fourth-order valence-corrected chi connectivity index (χ4v) is 2.19. The summed E-state index contributed by atoms with van der Waals surface area (Å²) in [5.41, 5.74) is 0.432. The molecular formula is C12H7BrCl2N2O2. The van der Waals surface area contributed by atoms with Gasteiger partial charge >= 0.3 is 0 Å². The summed E-state index contributed by atoms with van der Waals surface area (Å²) in [5.74, 6) is -0.392. The van der Waals surface area contributed by atoms with Crippen LogP contribution in [-0.4, -0.2) is 10.9 Å². The fraction of sp³-hybridized carbons (Fsp3) is 0. The van der Waals surface area contributed by atoms with E-state index in [1.54, 1.807) is 12.1 Å². The Hall–Kier alpha value is -1.30. The van der Waals surface area contributed by atoms with Crippen molar-refractivity contribution >= 4 is 50.7 Å². The maximum absolute atomic E-state index is 11.9. The van der Waals surface area contributed by atoms with Gasteiger partial charge in [0.2, 0.25) is 5.56 Å². The van der Waals surface area contributed by atoms with Crippen LogP contribution in [-0.2, 0) is 0 Å². The van der Waals surface area contributed by atoms with Gasteiger partial charge in [-0.15, -0.1) is 0 Å². The molecule has 0 aliphatic heterocycles. The molecule has 1 heterocycles. The van der Waals surface area contributed by atoms with Gasteiger partial charge < -0.3 is 10.3 Å². The number of aromatic nitrogens is 1. The molecule has 98 valence electrons. The fourth-order valence-electron chi connectivity index (χ4n) is 1.37. The van der Waals surface area contributed by atoms with Gasteiger partial charge in [-0.1, -0.05) is 23.2 Å². The summed E-state index contributed by atoms with van der Waals surface area (Å²) in [6, 6.07) is 5.99. The maximum atomic E-state index is 11.9. The minimum Gasteiger partial charge on any atom is -0.328 e. The number of nitrogens with one attached hydrogen (secondary N) is 2.